The van der Waals surface area contributed by atoms with E-state index in [4.69, 9.17) is 15.9 Å². The van der Waals surface area contributed by atoms with Crippen LogP contribution in [0.1, 0.15) is 31.4 Å². The van der Waals surface area contributed by atoms with Gasteiger partial charge in [-0.2, -0.15) is 13.2 Å². The molecule has 2 rings (SSSR count). The van der Waals surface area contributed by atoms with Gasteiger partial charge in [0, 0.05) is 23.7 Å². The van der Waals surface area contributed by atoms with Crippen LogP contribution in [0, 0.1) is 0 Å². The van der Waals surface area contributed by atoms with Crippen LogP contribution in [0.4, 0.5) is 18.9 Å². The van der Waals surface area contributed by atoms with Gasteiger partial charge in [0.2, 0.25) is 17.7 Å². The summed E-state index contributed by atoms with van der Waals surface area (Å²) in [5.74, 6) is -2.16. The van der Waals surface area contributed by atoms with Crippen LogP contribution in [-0.4, -0.2) is 41.8 Å². The lowest BCUT2D eigenvalue weighted by molar-refractivity contribution is -0.137. The summed E-state index contributed by atoms with van der Waals surface area (Å²) in [6, 6.07) is 2.35. The molecule has 0 bridgehead atoms. The molecule has 0 saturated heterocycles. The number of carbonyl (C=O) groups is 3. The lowest BCUT2D eigenvalue weighted by atomic mass is 10.0. The van der Waals surface area contributed by atoms with E-state index in [2.05, 4.69) is 5.32 Å². The Kier molecular flexibility index (Phi) is 7.62. The highest BCUT2D eigenvalue weighted by Gasteiger charge is 2.38. The number of nitrogens with one attached hydrogen (secondary N) is 1. The van der Waals surface area contributed by atoms with Crippen molar-refractivity contribution in [3.63, 3.8) is 0 Å². The lowest BCUT2D eigenvalue weighted by Crippen LogP contribution is -2.48. The van der Waals surface area contributed by atoms with Crippen LogP contribution in [-0.2, 0) is 27.0 Å². The van der Waals surface area contributed by atoms with Crippen molar-refractivity contribution in [2.45, 2.75) is 38.9 Å². The molecule has 0 saturated carbocycles. The number of hydrogen-bond acceptors (Lipinski definition) is 6. The summed E-state index contributed by atoms with van der Waals surface area (Å²) in [6.07, 6.45) is -5.31. The molecule has 1 atom stereocenters. The number of alkyl halides is 3. The van der Waals surface area contributed by atoms with E-state index in [1.54, 1.807) is 0 Å². The molecule has 1 aromatic carbocycles. The maximum Gasteiger partial charge on any atom is 0.417 e. The molecule has 32 heavy (non-hydrogen) atoms. The van der Waals surface area contributed by atoms with Gasteiger partial charge in [0.25, 0.3) is 0 Å². The maximum atomic E-state index is 13.6. The number of amides is 3. The van der Waals surface area contributed by atoms with Crippen LogP contribution in [0.25, 0.3) is 11.0 Å². The van der Waals surface area contributed by atoms with E-state index in [0.717, 1.165) is 12.1 Å². The number of fused-ring (bicyclic) bond motifs is 1. The van der Waals surface area contributed by atoms with Gasteiger partial charge >= 0.3 is 11.8 Å². The van der Waals surface area contributed by atoms with E-state index in [1.165, 1.54) is 17.9 Å². The third-order valence-electron chi connectivity index (χ3n) is 4.71. The molecule has 1 heterocycles. The summed E-state index contributed by atoms with van der Waals surface area (Å²) in [7, 11) is 0. The summed E-state index contributed by atoms with van der Waals surface area (Å²) < 4.78 is 45.9. The zero-order chi connectivity index (χ0) is 24.2. The molecule has 0 fully saturated rings. The molecule has 0 aliphatic heterocycles. The molecule has 1 unspecified atom stereocenters. The maximum absolute atomic E-state index is 13.6. The minimum atomic E-state index is -4.96. The van der Waals surface area contributed by atoms with Crippen molar-refractivity contribution in [3.8, 4) is 0 Å². The third-order valence-corrected chi connectivity index (χ3v) is 4.71. The van der Waals surface area contributed by atoms with E-state index in [1.807, 2.05) is 6.92 Å². The standard InChI is InChI=1S/C20H23F3N4O5/c1-3-6-27(16(29)9-24)10(2)18(30)26-11-4-5-12-14(7-11)32-19(31)13(8-15(25)28)17(12)20(21,22)23/h4-5,7,10H,3,6,8-9,24H2,1-2H3,(H2,25,28)(H,26,30). The number of hydrogen-bond donors (Lipinski definition) is 3. The largest absolute Gasteiger partial charge is 0.422 e. The molecule has 0 aliphatic rings. The first-order chi connectivity index (χ1) is 14.9. The van der Waals surface area contributed by atoms with Gasteiger partial charge in [-0.25, -0.2) is 4.79 Å². The smallest absolute Gasteiger partial charge is 0.417 e. The number of halogens is 3. The first-order valence-electron chi connectivity index (χ1n) is 9.66. The SMILES string of the molecule is CCCN(C(=O)CN)C(C)C(=O)Nc1ccc2c(C(F)(F)F)c(CC(N)=O)c(=O)oc2c1. The van der Waals surface area contributed by atoms with Crippen LogP contribution < -0.4 is 22.4 Å². The number of nitrogens with two attached hydrogens (primary N) is 2. The summed E-state index contributed by atoms with van der Waals surface area (Å²) in [6.45, 7) is 3.30. The Morgan fingerprint density at radius 3 is 2.44 bits per heavy atom. The Bertz CT molecular complexity index is 1100. The Balaban J connectivity index is 2.46. The van der Waals surface area contributed by atoms with Crippen LogP contribution in [0.3, 0.4) is 0 Å². The second-order valence-corrected chi connectivity index (χ2v) is 7.05. The lowest BCUT2D eigenvalue weighted by Gasteiger charge is -2.27. The highest BCUT2D eigenvalue weighted by molar-refractivity contribution is 5.98. The Morgan fingerprint density at radius 2 is 1.91 bits per heavy atom. The number of carbonyl (C=O) groups excluding carboxylic acids is 3. The van der Waals surface area contributed by atoms with Gasteiger partial charge < -0.3 is 26.1 Å². The minimum absolute atomic E-state index is 0.0462. The van der Waals surface area contributed by atoms with E-state index in [-0.39, 0.29) is 18.8 Å². The normalized spacial score (nSPS) is 12.4. The van der Waals surface area contributed by atoms with E-state index >= 15 is 0 Å². The summed E-state index contributed by atoms with van der Waals surface area (Å²) >= 11 is 0. The quantitative estimate of drug-likeness (QED) is 0.511. The van der Waals surface area contributed by atoms with Gasteiger partial charge in [0.15, 0.2) is 0 Å². The van der Waals surface area contributed by atoms with E-state index < -0.39 is 64.1 Å². The summed E-state index contributed by atoms with van der Waals surface area (Å²) in [4.78, 5) is 49.1. The molecule has 0 radical (unpaired) electrons. The second kappa shape index (κ2) is 9.81. The molecule has 3 amide bonds. The van der Waals surface area contributed by atoms with Crippen LogP contribution in [0.2, 0.25) is 0 Å². The van der Waals surface area contributed by atoms with Crippen molar-refractivity contribution in [1.29, 1.82) is 0 Å². The van der Waals surface area contributed by atoms with Crippen molar-refractivity contribution >= 4 is 34.4 Å². The van der Waals surface area contributed by atoms with Crippen molar-refractivity contribution in [3.05, 3.63) is 39.7 Å². The molecule has 5 N–H and O–H groups in total. The third kappa shape index (κ3) is 5.44. The number of rotatable bonds is 8. The number of benzene rings is 1. The molecule has 2 aromatic rings. The first kappa shape index (κ1) is 24.9. The van der Waals surface area contributed by atoms with Crippen LogP contribution in [0.5, 0.6) is 0 Å². The number of primary amides is 1. The van der Waals surface area contributed by atoms with Gasteiger partial charge in [0.1, 0.15) is 11.6 Å². The predicted octanol–water partition coefficient (Wildman–Crippen LogP) is 1.36. The topological polar surface area (TPSA) is 149 Å². The molecule has 174 valence electrons. The predicted molar refractivity (Wildman–Crippen MR) is 110 cm³/mol. The average molecular weight is 456 g/mol. The molecule has 0 spiro atoms. The highest BCUT2D eigenvalue weighted by Crippen LogP contribution is 2.37. The van der Waals surface area contributed by atoms with Crippen molar-refractivity contribution < 1.29 is 32.0 Å². The van der Waals surface area contributed by atoms with Crippen molar-refractivity contribution in [1.82, 2.24) is 4.90 Å². The minimum Gasteiger partial charge on any atom is -0.422 e. The highest BCUT2D eigenvalue weighted by atomic mass is 19.4. The van der Waals surface area contributed by atoms with Crippen molar-refractivity contribution in [2.75, 3.05) is 18.4 Å². The molecule has 12 heteroatoms. The fourth-order valence-corrected chi connectivity index (χ4v) is 3.26. The Labute approximate surface area is 180 Å². The second-order valence-electron chi connectivity index (χ2n) is 7.05. The van der Waals surface area contributed by atoms with Crippen molar-refractivity contribution in [2.24, 2.45) is 11.5 Å². The van der Waals surface area contributed by atoms with E-state index in [0.29, 0.717) is 6.42 Å². The first-order valence-corrected chi connectivity index (χ1v) is 9.66. The van der Waals surface area contributed by atoms with Gasteiger partial charge in [-0.15, -0.1) is 0 Å². The van der Waals surface area contributed by atoms with Crippen LogP contribution >= 0.6 is 0 Å². The zero-order valence-corrected chi connectivity index (χ0v) is 17.4. The molecular weight excluding hydrogens is 433 g/mol. The van der Waals surface area contributed by atoms with Crippen LogP contribution in [0.15, 0.2) is 27.4 Å². The van der Waals surface area contributed by atoms with Gasteiger partial charge in [-0.1, -0.05) is 6.92 Å². The fraction of sp³-hybridized carbons (Fsp3) is 0.400. The van der Waals surface area contributed by atoms with E-state index in [9.17, 15) is 32.3 Å². The summed E-state index contributed by atoms with van der Waals surface area (Å²) in [5.41, 5.74) is 6.37. The fourth-order valence-electron chi connectivity index (χ4n) is 3.26. The Hall–Kier alpha value is -3.41. The molecule has 0 aliphatic carbocycles. The van der Waals surface area contributed by atoms with Gasteiger partial charge in [-0.05, 0) is 25.5 Å². The monoisotopic (exact) mass is 456 g/mol. The molecule has 1 aromatic heterocycles. The van der Waals surface area contributed by atoms with Gasteiger partial charge in [0.05, 0.1) is 24.1 Å². The van der Waals surface area contributed by atoms with Gasteiger partial charge in [-0.3, -0.25) is 14.4 Å². The average Bonchev–Trinajstić information content (AvgIpc) is 2.70. The summed E-state index contributed by atoms with van der Waals surface area (Å²) in [5, 5.41) is 2.02. The molecule has 9 nitrogen and oxygen atoms in total. The Morgan fingerprint density at radius 1 is 1.25 bits per heavy atom. The zero-order valence-electron chi connectivity index (χ0n) is 17.4. The number of nitrogens with zero attached hydrogens (tertiary/aromatic N) is 1. The number of anilines is 1. The molecular formula is C20H23F3N4O5.